The Kier molecular flexibility index (Phi) is 6.25. The zero-order valence-corrected chi connectivity index (χ0v) is 18.3. The predicted molar refractivity (Wildman–Crippen MR) is 119 cm³/mol. The Morgan fingerprint density at radius 1 is 1.00 bits per heavy atom. The van der Waals surface area contributed by atoms with Crippen LogP contribution >= 0.6 is 0 Å². The van der Waals surface area contributed by atoms with Gasteiger partial charge in [0.2, 0.25) is 10.0 Å². The first kappa shape index (κ1) is 22.0. The molecule has 0 heterocycles. The molecule has 1 aliphatic carbocycles. The van der Waals surface area contributed by atoms with Crippen molar-refractivity contribution in [2.75, 3.05) is 0 Å². The predicted octanol–water partition coefficient (Wildman–Crippen LogP) is 4.30. The van der Waals surface area contributed by atoms with E-state index in [1.54, 1.807) is 37.3 Å². The number of rotatable bonds is 8. The van der Waals surface area contributed by atoms with Gasteiger partial charge in [-0.3, -0.25) is 4.79 Å². The monoisotopic (exact) mass is 454 g/mol. The van der Waals surface area contributed by atoms with Gasteiger partial charge in [-0.05, 0) is 79.4 Å². The number of aryl methyl sites for hydroxylation is 1. The molecule has 0 saturated heterocycles. The quantitative estimate of drug-likeness (QED) is 0.532. The number of carbonyl (C=O) groups excluding carboxylic acids is 1. The van der Waals surface area contributed by atoms with E-state index in [4.69, 9.17) is 4.74 Å². The van der Waals surface area contributed by atoms with Gasteiger partial charge >= 0.3 is 0 Å². The zero-order chi connectivity index (χ0) is 22.7. The molecule has 4 rings (SSSR count). The lowest BCUT2D eigenvalue weighted by atomic mass is 10.1. The first-order valence-corrected chi connectivity index (χ1v) is 11.7. The van der Waals surface area contributed by atoms with Crippen molar-refractivity contribution in [3.8, 4) is 11.5 Å². The summed E-state index contributed by atoms with van der Waals surface area (Å²) in [6.45, 7) is 2.04. The van der Waals surface area contributed by atoms with Crippen molar-refractivity contribution in [2.45, 2.75) is 37.2 Å². The molecular weight excluding hydrogens is 431 g/mol. The van der Waals surface area contributed by atoms with Crippen LogP contribution in [0.15, 0.2) is 71.6 Å². The topological polar surface area (TPSA) is 84.5 Å². The normalized spacial score (nSPS) is 13.6. The molecule has 1 saturated carbocycles. The molecule has 2 N–H and O–H groups in total. The number of nitrogens with one attached hydrogen (secondary N) is 2. The maximum Gasteiger partial charge on any atom is 0.251 e. The van der Waals surface area contributed by atoms with Crippen LogP contribution in [0.3, 0.4) is 0 Å². The number of amides is 1. The highest BCUT2D eigenvalue weighted by molar-refractivity contribution is 7.89. The molecular formula is C24H23FN2O4S. The van der Waals surface area contributed by atoms with E-state index in [2.05, 4.69) is 10.0 Å². The molecule has 0 radical (unpaired) electrons. The summed E-state index contributed by atoms with van der Waals surface area (Å²) >= 11 is 0. The van der Waals surface area contributed by atoms with Gasteiger partial charge < -0.3 is 10.1 Å². The number of hydrogen-bond donors (Lipinski definition) is 2. The molecule has 32 heavy (non-hydrogen) atoms. The molecule has 166 valence electrons. The van der Waals surface area contributed by atoms with Crippen molar-refractivity contribution in [1.82, 2.24) is 10.0 Å². The Balaban J connectivity index is 1.39. The summed E-state index contributed by atoms with van der Waals surface area (Å²) in [6.07, 6.45) is 1.68. The SMILES string of the molecule is Cc1ccc(S(=O)(=O)NC2CC2)cc1C(=O)NCc1ccc(Oc2ccc(F)cc2)cc1. The second-order valence-corrected chi connectivity index (χ2v) is 9.47. The van der Waals surface area contributed by atoms with Crippen molar-refractivity contribution in [2.24, 2.45) is 0 Å². The van der Waals surface area contributed by atoms with Crippen LogP contribution in [0.2, 0.25) is 0 Å². The van der Waals surface area contributed by atoms with E-state index >= 15 is 0 Å². The zero-order valence-electron chi connectivity index (χ0n) is 17.5. The molecule has 0 aliphatic heterocycles. The van der Waals surface area contributed by atoms with Crippen LogP contribution < -0.4 is 14.8 Å². The summed E-state index contributed by atoms with van der Waals surface area (Å²) in [5.41, 5.74) is 1.86. The van der Waals surface area contributed by atoms with Gasteiger partial charge in [-0.1, -0.05) is 18.2 Å². The van der Waals surface area contributed by atoms with Gasteiger partial charge in [-0.2, -0.15) is 0 Å². The lowest BCUT2D eigenvalue weighted by molar-refractivity contribution is 0.0950. The fourth-order valence-corrected chi connectivity index (χ4v) is 4.42. The van der Waals surface area contributed by atoms with E-state index in [0.717, 1.165) is 18.4 Å². The molecule has 0 atom stereocenters. The molecule has 8 heteroatoms. The molecule has 1 amide bonds. The highest BCUT2D eigenvalue weighted by Crippen LogP contribution is 2.24. The van der Waals surface area contributed by atoms with E-state index in [-0.39, 0.29) is 29.2 Å². The number of sulfonamides is 1. The van der Waals surface area contributed by atoms with Crippen LogP contribution in [0.1, 0.15) is 34.3 Å². The van der Waals surface area contributed by atoms with Crippen LogP contribution in [0, 0.1) is 12.7 Å². The number of benzene rings is 3. The molecule has 3 aromatic carbocycles. The maximum atomic E-state index is 13.0. The molecule has 0 aromatic heterocycles. The number of carbonyl (C=O) groups is 1. The molecule has 1 aliphatic rings. The minimum Gasteiger partial charge on any atom is -0.457 e. The second-order valence-electron chi connectivity index (χ2n) is 7.75. The van der Waals surface area contributed by atoms with E-state index in [9.17, 15) is 17.6 Å². The Morgan fingerprint density at radius 2 is 1.62 bits per heavy atom. The maximum absolute atomic E-state index is 13.0. The molecule has 1 fully saturated rings. The third-order valence-electron chi connectivity index (χ3n) is 5.09. The van der Waals surface area contributed by atoms with Crippen molar-refractivity contribution >= 4 is 15.9 Å². The Bertz CT molecular complexity index is 1220. The lowest BCUT2D eigenvalue weighted by Crippen LogP contribution is -2.27. The summed E-state index contributed by atoms with van der Waals surface area (Å²) < 4.78 is 46.2. The summed E-state index contributed by atoms with van der Waals surface area (Å²) in [4.78, 5) is 12.8. The summed E-state index contributed by atoms with van der Waals surface area (Å²) in [7, 11) is -3.63. The van der Waals surface area contributed by atoms with Gasteiger partial charge in [-0.15, -0.1) is 0 Å². The molecule has 3 aromatic rings. The number of halogens is 1. The number of ether oxygens (including phenoxy) is 1. The Morgan fingerprint density at radius 3 is 2.25 bits per heavy atom. The second kappa shape index (κ2) is 9.10. The average Bonchev–Trinajstić information content (AvgIpc) is 3.58. The first-order valence-electron chi connectivity index (χ1n) is 10.2. The van der Waals surface area contributed by atoms with Crippen LogP contribution in [-0.4, -0.2) is 20.4 Å². The largest absolute Gasteiger partial charge is 0.457 e. The highest BCUT2D eigenvalue weighted by Gasteiger charge is 2.28. The van der Waals surface area contributed by atoms with E-state index < -0.39 is 10.0 Å². The summed E-state index contributed by atoms with van der Waals surface area (Å²) in [6, 6.07) is 17.4. The van der Waals surface area contributed by atoms with Gasteiger partial charge in [0.05, 0.1) is 4.90 Å². The molecule has 0 unspecified atom stereocenters. The van der Waals surface area contributed by atoms with Crippen molar-refractivity contribution < 1.29 is 22.3 Å². The minimum atomic E-state index is -3.63. The summed E-state index contributed by atoms with van der Waals surface area (Å²) in [5, 5.41) is 2.83. The Hall–Kier alpha value is -3.23. The van der Waals surface area contributed by atoms with Crippen molar-refractivity contribution in [1.29, 1.82) is 0 Å². The summed E-state index contributed by atoms with van der Waals surface area (Å²) in [5.74, 6) is 0.427. The standard InChI is InChI=1S/C24H23FN2O4S/c1-16-2-13-22(32(29,30)27-19-7-8-19)14-23(16)24(28)26-15-17-3-9-20(10-4-17)31-21-11-5-18(25)6-12-21/h2-6,9-14,19,27H,7-8,15H2,1H3,(H,26,28). The van der Waals surface area contributed by atoms with Gasteiger partial charge in [0, 0.05) is 18.2 Å². The minimum absolute atomic E-state index is 0.00594. The van der Waals surface area contributed by atoms with Gasteiger partial charge in [0.15, 0.2) is 0 Å². The van der Waals surface area contributed by atoms with E-state index in [0.29, 0.717) is 22.6 Å². The van der Waals surface area contributed by atoms with Crippen LogP contribution in [0.5, 0.6) is 11.5 Å². The fraction of sp³-hybridized carbons (Fsp3) is 0.208. The molecule has 0 bridgehead atoms. The first-order chi connectivity index (χ1) is 15.3. The van der Waals surface area contributed by atoms with Crippen LogP contribution in [0.25, 0.3) is 0 Å². The van der Waals surface area contributed by atoms with Gasteiger partial charge in [-0.25, -0.2) is 17.5 Å². The van der Waals surface area contributed by atoms with Crippen molar-refractivity contribution in [3.05, 3.63) is 89.2 Å². The lowest BCUT2D eigenvalue weighted by Gasteiger charge is -2.11. The number of hydrogen-bond acceptors (Lipinski definition) is 4. The molecule has 0 spiro atoms. The van der Waals surface area contributed by atoms with Crippen molar-refractivity contribution in [3.63, 3.8) is 0 Å². The van der Waals surface area contributed by atoms with Crippen LogP contribution in [-0.2, 0) is 16.6 Å². The van der Waals surface area contributed by atoms with Gasteiger partial charge in [0.25, 0.3) is 5.91 Å². The van der Waals surface area contributed by atoms with Crippen LogP contribution in [0.4, 0.5) is 4.39 Å². The fourth-order valence-electron chi connectivity index (χ4n) is 3.09. The average molecular weight is 455 g/mol. The Labute approximate surface area is 186 Å². The third-order valence-corrected chi connectivity index (χ3v) is 6.61. The molecule has 6 nitrogen and oxygen atoms in total. The van der Waals surface area contributed by atoms with E-state index in [1.807, 2.05) is 12.1 Å². The van der Waals surface area contributed by atoms with E-state index in [1.165, 1.54) is 24.3 Å². The third kappa shape index (κ3) is 5.52. The van der Waals surface area contributed by atoms with Gasteiger partial charge in [0.1, 0.15) is 17.3 Å². The highest BCUT2D eigenvalue weighted by atomic mass is 32.2. The smallest absolute Gasteiger partial charge is 0.251 e.